The minimum absolute atomic E-state index is 0.0375. The van der Waals surface area contributed by atoms with Gasteiger partial charge in [0.1, 0.15) is 21.6 Å². The van der Waals surface area contributed by atoms with E-state index in [1.165, 1.54) is 17.2 Å². The number of hydrogen-bond donors (Lipinski definition) is 0. The van der Waals surface area contributed by atoms with Gasteiger partial charge in [-0.1, -0.05) is 6.07 Å². The van der Waals surface area contributed by atoms with Gasteiger partial charge in [0, 0.05) is 32.0 Å². The Bertz CT molecular complexity index is 1360. The van der Waals surface area contributed by atoms with Gasteiger partial charge in [0.05, 0.1) is 10.9 Å². The first kappa shape index (κ1) is 31.3. The fraction of sp³-hybridized carbons (Fsp3) is 0.560. The van der Waals surface area contributed by atoms with E-state index in [1.54, 1.807) is 13.0 Å². The summed E-state index contributed by atoms with van der Waals surface area (Å²) in [6, 6.07) is 4.77. The van der Waals surface area contributed by atoms with Gasteiger partial charge >= 0.3 is 12.5 Å². The van der Waals surface area contributed by atoms with E-state index in [2.05, 4.69) is 9.72 Å². The molecule has 40 heavy (non-hydrogen) atoms. The molecule has 1 saturated carbocycles. The molecule has 0 atom stereocenters. The highest BCUT2D eigenvalue weighted by Gasteiger charge is 2.34. The smallest absolute Gasteiger partial charge is 0.404 e. The molecule has 15 heteroatoms. The average molecular weight is 595 g/mol. The van der Waals surface area contributed by atoms with Crippen molar-refractivity contribution in [2.24, 2.45) is 5.92 Å². The van der Waals surface area contributed by atoms with E-state index in [0.29, 0.717) is 32.2 Å². The van der Waals surface area contributed by atoms with Crippen LogP contribution in [-0.2, 0) is 16.3 Å². The molecule has 0 aliphatic heterocycles. The summed E-state index contributed by atoms with van der Waals surface area (Å²) in [7, 11) is -3.16. The zero-order chi connectivity index (χ0) is 29.9. The molecule has 1 aliphatic carbocycles. The molecular weight excluding hydrogens is 566 g/mol. The van der Waals surface area contributed by atoms with E-state index in [0.717, 1.165) is 22.9 Å². The molecule has 0 radical (unpaired) electrons. The van der Waals surface area contributed by atoms with Crippen LogP contribution in [0.25, 0.3) is 5.69 Å². The maximum atomic E-state index is 13.3. The van der Waals surface area contributed by atoms with Crippen molar-refractivity contribution >= 4 is 15.7 Å². The molecule has 220 valence electrons. The van der Waals surface area contributed by atoms with Crippen LogP contribution in [0.3, 0.4) is 0 Å². The van der Waals surface area contributed by atoms with Gasteiger partial charge in [-0.25, -0.2) is 13.4 Å². The number of imidazole rings is 1. The van der Waals surface area contributed by atoms with Crippen molar-refractivity contribution in [1.82, 2.24) is 14.5 Å². The zero-order valence-electron chi connectivity index (χ0n) is 21.7. The Hall–Kier alpha value is -3.28. The van der Waals surface area contributed by atoms with Crippen LogP contribution in [0.1, 0.15) is 60.9 Å². The predicted octanol–water partition coefficient (Wildman–Crippen LogP) is 5.20. The van der Waals surface area contributed by atoms with Gasteiger partial charge in [-0.2, -0.15) is 18.4 Å². The number of ether oxygens (including phenoxy) is 1. The molecular formula is C25H28F6N4O4S. The molecule has 1 fully saturated rings. The van der Waals surface area contributed by atoms with Crippen LogP contribution in [0.5, 0.6) is 5.75 Å². The number of sulfone groups is 1. The first-order chi connectivity index (χ1) is 18.5. The van der Waals surface area contributed by atoms with E-state index in [4.69, 9.17) is 0 Å². The van der Waals surface area contributed by atoms with Crippen molar-refractivity contribution in [1.29, 1.82) is 5.26 Å². The Morgan fingerprint density at radius 3 is 2.35 bits per heavy atom. The van der Waals surface area contributed by atoms with E-state index >= 15 is 0 Å². The third kappa shape index (κ3) is 8.36. The number of aryl methyl sites for hydroxylation is 1. The minimum Gasteiger partial charge on any atom is -0.404 e. The lowest BCUT2D eigenvalue weighted by atomic mass is 9.88. The van der Waals surface area contributed by atoms with Gasteiger partial charge in [0.2, 0.25) is 5.82 Å². The Kier molecular flexibility index (Phi) is 9.43. The number of nitriles is 1. The number of carbonyl (C=O) groups is 1. The summed E-state index contributed by atoms with van der Waals surface area (Å²) in [6.07, 6.45) is -7.12. The lowest BCUT2D eigenvalue weighted by Gasteiger charge is -2.31. The summed E-state index contributed by atoms with van der Waals surface area (Å²) in [5.74, 6) is -1.82. The second-order valence-corrected chi connectivity index (χ2v) is 12.0. The molecule has 2 aromatic rings. The Labute approximate surface area is 227 Å². The SMILES string of the molecule is CCN(CC1CCC(S(C)(=O)=O)CC1)C(=O)c1cn(-c2ccc(CCC(F)(F)F)cc2OC(F)(F)F)c(C#N)n1. The fourth-order valence-electron chi connectivity index (χ4n) is 4.72. The van der Waals surface area contributed by atoms with Crippen molar-refractivity contribution < 1.29 is 44.3 Å². The van der Waals surface area contributed by atoms with Gasteiger partial charge < -0.3 is 9.64 Å². The van der Waals surface area contributed by atoms with Crippen molar-refractivity contribution in [3.8, 4) is 17.5 Å². The molecule has 3 rings (SSSR count). The maximum absolute atomic E-state index is 13.3. The third-order valence-corrected chi connectivity index (χ3v) is 8.46. The number of amides is 1. The minimum atomic E-state index is -5.18. The van der Waals surface area contributed by atoms with Gasteiger partial charge in [-0.05, 0) is 62.6 Å². The normalized spacial score (nSPS) is 18.3. The van der Waals surface area contributed by atoms with E-state index < -0.39 is 57.9 Å². The third-order valence-electron chi connectivity index (χ3n) is 6.78. The second-order valence-electron chi connectivity index (χ2n) is 9.71. The molecule has 1 heterocycles. The molecule has 8 nitrogen and oxygen atoms in total. The molecule has 0 spiro atoms. The van der Waals surface area contributed by atoms with Crippen LogP contribution in [0.2, 0.25) is 0 Å². The average Bonchev–Trinajstić information content (AvgIpc) is 3.28. The van der Waals surface area contributed by atoms with Crippen LogP contribution in [0, 0.1) is 17.2 Å². The van der Waals surface area contributed by atoms with Gasteiger partial charge in [0.15, 0.2) is 5.75 Å². The summed E-state index contributed by atoms with van der Waals surface area (Å²) in [4.78, 5) is 18.7. The summed E-state index contributed by atoms with van der Waals surface area (Å²) in [6.45, 7) is 2.28. The lowest BCUT2D eigenvalue weighted by molar-refractivity contribution is -0.274. The number of rotatable bonds is 9. The predicted molar refractivity (Wildman–Crippen MR) is 132 cm³/mol. The molecule has 0 unspecified atom stereocenters. The lowest BCUT2D eigenvalue weighted by Crippen LogP contribution is -2.38. The molecule has 1 aliphatic rings. The van der Waals surface area contributed by atoms with Gasteiger partial charge in [0.25, 0.3) is 5.91 Å². The highest BCUT2D eigenvalue weighted by molar-refractivity contribution is 7.91. The molecule has 0 N–H and O–H groups in total. The van der Waals surface area contributed by atoms with Crippen LogP contribution in [0.4, 0.5) is 26.3 Å². The van der Waals surface area contributed by atoms with E-state index in [-0.39, 0.29) is 29.4 Å². The molecule has 1 aromatic carbocycles. The summed E-state index contributed by atoms with van der Waals surface area (Å²) >= 11 is 0. The van der Waals surface area contributed by atoms with E-state index in [1.807, 2.05) is 0 Å². The van der Waals surface area contributed by atoms with Gasteiger partial charge in [-0.3, -0.25) is 9.36 Å². The Morgan fingerprint density at radius 2 is 1.82 bits per heavy atom. The highest BCUT2D eigenvalue weighted by atomic mass is 32.2. The largest absolute Gasteiger partial charge is 0.573 e. The number of hydrogen-bond acceptors (Lipinski definition) is 6. The number of nitrogens with zero attached hydrogens (tertiary/aromatic N) is 4. The maximum Gasteiger partial charge on any atom is 0.573 e. The second kappa shape index (κ2) is 12.1. The Balaban J connectivity index is 1.87. The van der Waals surface area contributed by atoms with Crippen molar-refractivity contribution in [2.75, 3.05) is 19.3 Å². The molecule has 0 bridgehead atoms. The van der Waals surface area contributed by atoms with Crippen LogP contribution in [0.15, 0.2) is 24.4 Å². The van der Waals surface area contributed by atoms with Crippen LogP contribution < -0.4 is 4.74 Å². The molecule has 0 saturated heterocycles. The van der Waals surface area contributed by atoms with Crippen molar-refractivity contribution in [2.45, 2.75) is 63.2 Å². The van der Waals surface area contributed by atoms with Crippen molar-refractivity contribution in [3.05, 3.63) is 41.5 Å². The summed E-state index contributed by atoms with van der Waals surface area (Å²) < 4.78 is 106. The quantitative estimate of drug-likeness (QED) is 0.370. The summed E-state index contributed by atoms with van der Waals surface area (Å²) in [5, 5.41) is 9.16. The highest BCUT2D eigenvalue weighted by Crippen LogP contribution is 2.33. The number of benzene rings is 1. The number of alkyl halides is 6. The molecule has 1 aromatic heterocycles. The zero-order valence-corrected chi connectivity index (χ0v) is 22.5. The van der Waals surface area contributed by atoms with Crippen LogP contribution in [-0.4, -0.2) is 65.9 Å². The van der Waals surface area contributed by atoms with Crippen LogP contribution >= 0.6 is 0 Å². The standard InChI is InChI=1S/C25H28F6N4O4S/c1-3-34(14-17-4-7-18(8-5-17)40(2,37)38)23(36)19-15-35(22(13-32)33-19)20-9-6-16(10-11-24(26,27)28)12-21(20)39-25(29,30)31/h6,9,12,15,17-18H,3-5,7-8,10-11,14H2,1-2H3. The number of aromatic nitrogens is 2. The number of halogens is 6. The first-order valence-corrected chi connectivity index (χ1v) is 14.4. The topological polar surface area (TPSA) is 105 Å². The van der Waals surface area contributed by atoms with Gasteiger partial charge in [-0.15, -0.1) is 13.2 Å². The van der Waals surface area contributed by atoms with E-state index in [9.17, 15) is 44.8 Å². The summed E-state index contributed by atoms with van der Waals surface area (Å²) in [5.41, 5.74) is -0.626. The monoisotopic (exact) mass is 594 g/mol. The van der Waals surface area contributed by atoms with Crippen molar-refractivity contribution in [3.63, 3.8) is 0 Å². The first-order valence-electron chi connectivity index (χ1n) is 12.4. The Morgan fingerprint density at radius 1 is 1.18 bits per heavy atom. The fourth-order valence-corrected chi connectivity index (χ4v) is 5.85. The number of carbonyl (C=O) groups excluding carboxylic acids is 1. The molecule has 1 amide bonds.